The van der Waals surface area contributed by atoms with Gasteiger partial charge in [0.15, 0.2) is 17.3 Å². The van der Waals surface area contributed by atoms with Crippen LogP contribution in [0.4, 0.5) is 8.78 Å². The zero-order valence-electron chi connectivity index (χ0n) is 19.1. The van der Waals surface area contributed by atoms with Crippen molar-refractivity contribution < 1.29 is 13.5 Å². The van der Waals surface area contributed by atoms with Crippen molar-refractivity contribution in [2.24, 2.45) is 0 Å². The molecular weight excluding hydrogens is 460 g/mol. The van der Waals surface area contributed by atoms with Crippen LogP contribution >= 0.6 is 11.6 Å². The van der Waals surface area contributed by atoms with E-state index in [4.69, 9.17) is 16.3 Å². The first-order valence-electron chi connectivity index (χ1n) is 11.0. The topological polar surface area (TPSA) is 73.7 Å². The van der Waals surface area contributed by atoms with E-state index in [9.17, 15) is 8.78 Å². The number of pyridine rings is 1. The molecule has 1 aromatic carbocycles. The first-order valence-corrected chi connectivity index (χ1v) is 11.3. The van der Waals surface area contributed by atoms with Gasteiger partial charge in [0.2, 0.25) is 0 Å². The van der Waals surface area contributed by atoms with E-state index in [1.54, 1.807) is 13.1 Å². The first kappa shape index (κ1) is 24.0. The predicted molar refractivity (Wildman–Crippen MR) is 127 cm³/mol. The van der Waals surface area contributed by atoms with Gasteiger partial charge in [-0.25, -0.2) is 28.7 Å². The molecule has 1 saturated heterocycles. The van der Waals surface area contributed by atoms with Crippen molar-refractivity contribution in [1.82, 2.24) is 24.9 Å². The third-order valence-corrected chi connectivity index (χ3v) is 5.94. The molecule has 9 heteroatoms. The molecule has 176 valence electrons. The number of hydrogen-bond acceptors (Lipinski definition) is 6. The van der Waals surface area contributed by atoms with Gasteiger partial charge >= 0.3 is 0 Å². The molecule has 34 heavy (non-hydrogen) atoms. The fraction of sp³-hybridized carbons (Fsp3) is 0.320. The van der Waals surface area contributed by atoms with Crippen molar-refractivity contribution in [1.29, 1.82) is 0 Å². The molecule has 0 N–H and O–H groups in total. The van der Waals surface area contributed by atoms with Crippen molar-refractivity contribution in [3.8, 4) is 11.3 Å². The molecule has 1 aliphatic heterocycles. The Hall–Kier alpha value is -3.10. The minimum Gasteiger partial charge on any atom is -0.381 e. The molecule has 6 nitrogen and oxygen atoms in total. The summed E-state index contributed by atoms with van der Waals surface area (Å²) in [5, 5.41) is -0.280. The zero-order valence-corrected chi connectivity index (χ0v) is 19.9. The summed E-state index contributed by atoms with van der Waals surface area (Å²) in [6, 6.07) is 8.58. The van der Waals surface area contributed by atoms with Crippen molar-refractivity contribution in [3.05, 3.63) is 76.1 Å². The van der Waals surface area contributed by atoms with Gasteiger partial charge in [0, 0.05) is 36.6 Å². The molecule has 0 radical (unpaired) electrons. The van der Waals surface area contributed by atoms with E-state index in [0.29, 0.717) is 35.9 Å². The summed E-state index contributed by atoms with van der Waals surface area (Å²) < 4.78 is 34.1. The Morgan fingerprint density at radius 3 is 2.26 bits per heavy atom. The number of fused-ring (bicyclic) bond motifs is 1. The van der Waals surface area contributed by atoms with Gasteiger partial charge in [0.05, 0.1) is 16.4 Å². The van der Waals surface area contributed by atoms with E-state index in [0.717, 1.165) is 24.2 Å². The number of rotatable bonds is 2. The second-order valence-corrected chi connectivity index (χ2v) is 8.48. The maximum absolute atomic E-state index is 14.6. The van der Waals surface area contributed by atoms with Gasteiger partial charge in [-0.1, -0.05) is 17.7 Å². The Bertz CT molecular complexity index is 1310. The smallest absolute Gasteiger partial charge is 0.182 e. The van der Waals surface area contributed by atoms with Gasteiger partial charge in [0.25, 0.3) is 0 Å². The van der Waals surface area contributed by atoms with Gasteiger partial charge in [-0.3, -0.25) is 4.98 Å². The normalized spacial score (nSPS) is 14.1. The van der Waals surface area contributed by atoms with Crippen LogP contribution in [0.3, 0.4) is 0 Å². The minimum absolute atomic E-state index is 0.00448. The third-order valence-electron chi connectivity index (χ3n) is 5.65. The Morgan fingerprint density at radius 1 is 0.882 bits per heavy atom. The molecule has 0 bridgehead atoms. The molecule has 1 aliphatic rings. The van der Waals surface area contributed by atoms with Crippen LogP contribution < -0.4 is 0 Å². The largest absolute Gasteiger partial charge is 0.381 e. The molecule has 0 spiro atoms. The Morgan fingerprint density at radius 2 is 1.62 bits per heavy atom. The summed E-state index contributed by atoms with van der Waals surface area (Å²) in [5.74, 6) is -1.54. The van der Waals surface area contributed by atoms with Gasteiger partial charge in [-0.2, -0.15) is 0 Å². The molecular formula is C25H24ClF2N5O. The van der Waals surface area contributed by atoms with E-state index in [1.165, 1.54) is 12.1 Å². The lowest BCUT2D eigenvalue weighted by Gasteiger charge is -2.21. The maximum atomic E-state index is 14.6. The van der Waals surface area contributed by atoms with E-state index >= 15 is 0 Å². The second kappa shape index (κ2) is 10.4. The minimum atomic E-state index is -1.11. The molecule has 1 fully saturated rings. The third kappa shape index (κ3) is 5.18. The van der Waals surface area contributed by atoms with Crippen LogP contribution in [0.5, 0.6) is 0 Å². The number of benzene rings is 1. The highest BCUT2D eigenvalue weighted by atomic mass is 35.5. The van der Waals surface area contributed by atoms with Gasteiger partial charge in [-0.15, -0.1) is 0 Å². The average Bonchev–Trinajstić information content (AvgIpc) is 2.84. The summed E-state index contributed by atoms with van der Waals surface area (Å²) in [7, 11) is 0. The molecule has 0 unspecified atom stereocenters. The Balaban J connectivity index is 0.000000336. The van der Waals surface area contributed by atoms with E-state index in [1.807, 2.05) is 32.0 Å². The molecule has 4 aromatic rings. The number of ether oxygens (including phenoxy) is 1. The fourth-order valence-corrected chi connectivity index (χ4v) is 3.76. The van der Waals surface area contributed by atoms with Crippen molar-refractivity contribution in [2.75, 3.05) is 13.2 Å². The van der Waals surface area contributed by atoms with Gasteiger partial charge in [0.1, 0.15) is 17.0 Å². The first-order chi connectivity index (χ1) is 16.3. The molecule has 0 aliphatic carbocycles. The molecule has 0 amide bonds. The summed E-state index contributed by atoms with van der Waals surface area (Å²) in [5.41, 5.74) is 3.42. The Labute approximate surface area is 201 Å². The lowest BCUT2D eigenvalue weighted by atomic mass is 9.99. The summed E-state index contributed by atoms with van der Waals surface area (Å²) in [4.78, 5) is 22.1. The monoisotopic (exact) mass is 483 g/mol. The molecule has 0 saturated carbocycles. The van der Waals surface area contributed by atoms with Crippen LogP contribution in [-0.2, 0) is 4.74 Å². The van der Waals surface area contributed by atoms with Crippen LogP contribution in [0, 0.1) is 32.4 Å². The number of aromatic nitrogens is 5. The highest BCUT2D eigenvalue weighted by Gasteiger charge is 2.24. The van der Waals surface area contributed by atoms with Crippen LogP contribution in [0.25, 0.3) is 22.4 Å². The summed E-state index contributed by atoms with van der Waals surface area (Å²) in [6.07, 6.45) is 3.32. The fourth-order valence-electron chi connectivity index (χ4n) is 3.61. The van der Waals surface area contributed by atoms with E-state index in [2.05, 4.69) is 24.9 Å². The predicted octanol–water partition coefficient (Wildman–Crippen LogP) is 5.92. The highest BCUT2D eigenvalue weighted by molar-refractivity contribution is 6.30. The molecule has 4 heterocycles. The number of nitrogens with zero attached hydrogens (tertiary/aromatic N) is 5. The average molecular weight is 484 g/mol. The highest BCUT2D eigenvalue weighted by Crippen LogP contribution is 2.33. The van der Waals surface area contributed by atoms with E-state index < -0.39 is 11.6 Å². The number of halogens is 3. The van der Waals surface area contributed by atoms with Crippen LogP contribution in [0.1, 0.15) is 41.7 Å². The van der Waals surface area contributed by atoms with Gasteiger partial charge < -0.3 is 4.74 Å². The standard InChI is InChI=1S/C19H17ClF2N4O.C6H7N/c1-9-10(2)24-19-17(23-9)16(12-3-4-13(20)15(22)14(12)21)25-18(26-19)11-5-7-27-8-6-11;1-6-4-2-3-5-7-6/h3-4,11H,5-8H2,1-2H3;2-5H,1H3. The molecule has 3 aromatic heterocycles. The lowest BCUT2D eigenvalue weighted by molar-refractivity contribution is 0.0836. The summed E-state index contributed by atoms with van der Waals surface area (Å²) >= 11 is 5.70. The van der Waals surface area contributed by atoms with Crippen molar-refractivity contribution >= 4 is 22.8 Å². The quantitative estimate of drug-likeness (QED) is 0.329. The number of hydrogen-bond donors (Lipinski definition) is 0. The second-order valence-electron chi connectivity index (χ2n) is 8.08. The van der Waals surface area contributed by atoms with Crippen LogP contribution in [0.2, 0.25) is 5.02 Å². The SMILES string of the molecule is Cc1ccccn1.Cc1nc2nc(C3CCOCC3)nc(-c3ccc(Cl)c(F)c3F)c2nc1C. The molecule has 5 rings (SSSR count). The number of aryl methyl sites for hydroxylation is 3. The van der Waals surface area contributed by atoms with Crippen molar-refractivity contribution in [2.45, 2.75) is 39.5 Å². The summed E-state index contributed by atoms with van der Waals surface area (Å²) in [6.45, 7) is 6.84. The van der Waals surface area contributed by atoms with Crippen LogP contribution in [0.15, 0.2) is 36.5 Å². The van der Waals surface area contributed by atoms with Crippen LogP contribution in [-0.4, -0.2) is 38.1 Å². The lowest BCUT2D eigenvalue weighted by Crippen LogP contribution is -2.17. The van der Waals surface area contributed by atoms with Gasteiger partial charge in [-0.05, 0) is 57.9 Å². The molecule has 0 atom stereocenters. The van der Waals surface area contributed by atoms with Crippen molar-refractivity contribution in [3.63, 3.8) is 0 Å². The maximum Gasteiger partial charge on any atom is 0.182 e. The zero-order chi connectivity index (χ0) is 24.2. The Kier molecular flexibility index (Phi) is 7.38. The van der Waals surface area contributed by atoms with E-state index in [-0.39, 0.29) is 22.2 Å².